The number of hydrogen-bond donors (Lipinski definition) is 2. The molecule has 0 bridgehead atoms. The molecule has 2 fully saturated rings. The second kappa shape index (κ2) is 9.22. The number of aliphatic hydroxyl groups is 1. The lowest BCUT2D eigenvalue weighted by Crippen LogP contribution is -2.45. The topological polar surface area (TPSA) is 106 Å². The number of hydrogen-bond acceptors (Lipinski definition) is 6. The van der Waals surface area contributed by atoms with Gasteiger partial charge in [-0.2, -0.15) is 0 Å². The van der Waals surface area contributed by atoms with Gasteiger partial charge in [0.2, 0.25) is 11.8 Å². The van der Waals surface area contributed by atoms with Crippen molar-refractivity contribution in [3.8, 4) is 0 Å². The van der Waals surface area contributed by atoms with E-state index in [1.54, 1.807) is 21.6 Å². The number of amides is 4. The number of amidine groups is 1. The Morgan fingerprint density at radius 2 is 2.00 bits per heavy atom. The number of nitrogens with one attached hydrogen (secondary N) is 1. The summed E-state index contributed by atoms with van der Waals surface area (Å²) < 4.78 is 0. The molecule has 10 heteroatoms. The van der Waals surface area contributed by atoms with E-state index in [1.807, 2.05) is 17.0 Å². The van der Waals surface area contributed by atoms with Crippen LogP contribution in [0.15, 0.2) is 23.2 Å². The predicted molar refractivity (Wildman–Crippen MR) is 131 cm³/mol. The molecule has 0 aromatic heterocycles. The molecular weight excluding hydrogens is 454 g/mol. The van der Waals surface area contributed by atoms with E-state index in [0.29, 0.717) is 49.4 Å². The predicted octanol–water partition coefficient (Wildman–Crippen LogP) is 1.33. The fourth-order valence-electron chi connectivity index (χ4n) is 5.27. The largest absolute Gasteiger partial charge is 0.387 e. The number of thioether (sulfide) groups is 1. The van der Waals surface area contributed by atoms with Crippen LogP contribution in [0.2, 0.25) is 0 Å². The summed E-state index contributed by atoms with van der Waals surface area (Å²) in [4.78, 5) is 47.5. The number of rotatable bonds is 4. The quantitative estimate of drug-likeness (QED) is 0.670. The van der Waals surface area contributed by atoms with Crippen molar-refractivity contribution in [2.45, 2.75) is 43.3 Å². The minimum atomic E-state index is -0.513. The number of benzene rings is 1. The van der Waals surface area contributed by atoms with Crippen molar-refractivity contribution >= 4 is 40.5 Å². The Kier molecular flexibility index (Phi) is 6.28. The Hall–Kier alpha value is -2.59. The Morgan fingerprint density at radius 3 is 2.68 bits per heavy atom. The SMILES string of the molecule is CC1CN=C(NC(=O)N2CC3(CCN(C(=O)CO)C3)c3cc(CCC(=O)N4CCC4)ccc32)S1. The van der Waals surface area contributed by atoms with Crippen LogP contribution in [-0.4, -0.2) is 89.0 Å². The fraction of sp³-hybridized carbons (Fsp3) is 0.583. The Bertz CT molecular complexity index is 1040. The first-order valence-corrected chi connectivity index (χ1v) is 12.9. The van der Waals surface area contributed by atoms with Gasteiger partial charge in [-0.05, 0) is 36.5 Å². The normalized spacial score (nSPS) is 25.4. The Balaban J connectivity index is 1.38. The van der Waals surface area contributed by atoms with Crippen LogP contribution >= 0.6 is 11.8 Å². The molecule has 0 saturated carbocycles. The van der Waals surface area contributed by atoms with Gasteiger partial charge in [0.1, 0.15) is 6.61 Å². The van der Waals surface area contributed by atoms with Crippen molar-refractivity contribution < 1.29 is 19.5 Å². The number of urea groups is 1. The molecule has 2 saturated heterocycles. The monoisotopic (exact) mass is 485 g/mol. The number of aliphatic imine (C=N–C) groups is 1. The highest BCUT2D eigenvalue weighted by atomic mass is 32.2. The standard InChI is InChI=1S/C24H31N5O4S/c1-16-12-25-22(34-16)26-23(33)29-15-24(7-10-28(14-24)21(32)13-30)18-11-17(3-5-19(18)29)4-6-20(31)27-8-2-9-27/h3,5,11,16,30H,2,4,6-10,12-15H2,1H3,(H,25,26,33). The van der Waals surface area contributed by atoms with Crippen molar-refractivity contribution in [2.24, 2.45) is 4.99 Å². The summed E-state index contributed by atoms with van der Waals surface area (Å²) in [6.45, 7) is 5.44. The summed E-state index contributed by atoms with van der Waals surface area (Å²) in [6.07, 6.45) is 2.92. The lowest BCUT2D eigenvalue weighted by molar-refractivity contribution is -0.134. The molecule has 4 amide bonds. The van der Waals surface area contributed by atoms with Gasteiger partial charge in [-0.25, -0.2) is 4.79 Å². The third kappa shape index (κ3) is 4.29. The molecule has 2 N–H and O–H groups in total. The smallest absolute Gasteiger partial charge is 0.327 e. The van der Waals surface area contributed by atoms with Crippen molar-refractivity contribution in [1.29, 1.82) is 0 Å². The number of carbonyl (C=O) groups excluding carboxylic acids is 3. The number of carbonyl (C=O) groups is 3. The van der Waals surface area contributed by atoms with E-state index in [2.05, 4.69) is 23.3 Å². The van der Waals surface area contributed by atoms with Crippen molar-refractivity contribution in [3.63, 3.8) is 0 Å². The molecule has 4 heterocycles. The van der Waals surface area contributed by atoms with Gasteiger partial charge >= 0.3 is 6.03 Å². The van der Waals surface area contributed by atoms with Gasteiger partial charge in [-0.15, -0.1) is 0 Å². The molecule has 2 atom stereocenters. The van der Waals surface area contributed by atoms with Gasteiger partial charge in [0.25, 0.3) is 0 Å². The summed E-state index contributed by atoms with van der Waals surface area (Å²) in [5, 5.41) is 13.3. The van der Waals surface area contributed by atoms with Crippen molar-refractivity contribution in [1.82, 2.24) is 15.1 Å². The zero-order valence-electron chi connectivity index (χ0n) is 19.5. The second-order valence-electron chi connectivity index (χ2n) is 9.68. The molecule has 4 aliphatic heterocycles. The lowest BCUT2D eigenvalue weighted by Gasteiger charge is -2.31. The van der Waals surface area contributed by atoms with Crippen LogP contribution in [0.5, 0.6) is 0 Å². The molecule has 4 aliphatic rings. The molecule has 1 aromatic carbocycles. The Labute approximate surface area is 203 Å². The summed E-state index contributed by atoms with van der Waals surface area (Å²) in [6, 6.07) is 5.86. The third-order valence-electron chi connectivity index (χ3n) is 7.33. The van der Waals surface area contributed by atoms with Crippen LogP contribution in [0.4, 0.5) is 10.5 Å². The molecule has 34 heavy (non-hydrogen) atoms. The van der Waals surface area contributed by atoms with E-state index in [1.165, 1.54) is 0 Å². The first-order chi connectivity index (χ1) is 16.4. The highest BCUT2D eigenvalue weighted by molar-refractivity contribution is 8.14. The maximum absolute atomic E-state index is 13.2. The highest BCUT2D eigenvalue weighted by Crippen LogP contribution is 2.47. The van der Waals surface area contributed by atoms with E-state index in [4.69, 9.17) is 0 Å². The van der Waals surface area contributed by atoms with Gasteiger partial charge in [0.15, 0.2) is 5.17 Å². The van der Waals surface area contributed by atoms with E-state index in [0.717, 1.165) is 42.7 Å². The molecule has 0 aliphatic carbocycles. The van der Waals surface area contributed by atoms with E-state index < -0.39 is 6.61 Å². The summed E-state index contributed by atoms with van der Waals surface area (Å²) in [5.74, 6) is -0.101. The minimum absolute atomic E-state index is 0.187. The molecule has 1 aromatic rings. The number of likely N-dealkylation sites (tertiary alicyclic amines) is 2. The third-order valence-corrected chi connectivity index (χ3v) is 8.33. The van der Waals surface area contributed by atoms with E-state index >= 15 is 0 Å². The molecule has 0 radical (unpaired) electrons. The van der Waals surface area contributed by atoms with Crippen molar-refractivity contribution in [2.75, 3.05) is 50.8 Å². The van der Waals surface area contributed by atoms with Crippen molar-refractivity contribution in [3.05, 3.63) is 29.3 Å². The zero-order chi connectivity index (χ0) is 23.9. The lowest BCUT2D eigenvalue weighted by atomic mass is 9.80. The van der Waals surface area contributed by atoms with Crippen LogP contribution in [0.25, 0.3) is 0 Å². The average Bonchev–Trinajstić information content (AvgIpc) is 3.49. The number of nitrogens with zero attached hydrogens (tertiary/aromatic N) is 4. The van der Waals surface area contributed by atoms with E-state index in [9.17, 15) is 19.5 Å². The summed E-state index contributed by atoms with van der Waals surface area (Å²) >= 11 is 1.56. The first-order valence-electron chi connectivity index (χ1n) is 12.0. The van der Waals surface area contributed by atoms with E-state index in [-0.39, 0.29) is 23.3 Å². The maximum atomic E-state index is 13.2. The summed E-state index contributed by atoms with van der Waals surface area (Å²) in [5.41, 5.74) is 2.56. The molecule has 182 valence electrons. The molecule has 1 spiro atoms. The van der Waals surface area contributed by atoms with Gasteiger partial charge in [0.05, 0.1) is 6.54 Å². The number of fused-ring (bicyclic) bond motifs is 2. The highest BCUT2D eigenvalue weighted by Gasteiger charge is 2.50. The van der Waals surface area contributed by atoms with Gasteiger partial charge < -0.3 is 14.9 Å². The van der Waals surface area contributed by atoms with Gasteiger partial charge in [-0.3, -0.25) is 24.8 Å². The van der Waals surface area contributed by atoms with Crippen LogP contribution < -0.4 is 10.2 Å². The summed E-state index contributed by atoms with van der Waals surface area (Å²) in [7, 11) is 0. The maximum Gasteiger partial charge on any atom is 0.327 e. The zero-order valence-corrected chi connectivity index (χ0v) is 20.3. The molecular formula is C24H31N5O4S. The molecule has 2 unspecified atom stereocenters. The van der Waals surface area contributed by atoms with Crippen LogP contribution in [0.3, 0.4) is 0 Å². The van der Waals surface area contributed by atoms with Crippen LogP contribution in [-0.2, 0) is 21.4 Å². The van der Waals surface area contributed by atoms with Gasteiger partial charge in [-0.1, -0.05) is 30.8 Å². The average molecular weight is 486 g/mol. The number of aryl methyl sites for hydroxylation is 1. The Morgan fingerprint density at radius 1 is 1.18 bits per heavy atom. The fourth-order valence-corrected chi connectivity index (χ4v) is 6.09. The number of aliphatic hydroxyl groups excluding tert-OH is 1. The molecule has 9 nitrogen and oxygen atoms in total. The van der Waals surface area contributed by atoms with Crippen LogP contribution in [0, 0.1) is 0 Å². The minimum Gasteiger partial charge on any atom is -0.387 e. The molecule has 5 rings (SSSR count). The first kappa shape index (κ1) is 23.2. The van der Waals surface area contributed by atoms with Crippen LogP contribution in [0.1, 0.15) is 37.3 Å². The van der Waals surface area contributed by atoms with Gasteiger partial charge in [0, 0.05) is 55.5 Å². The second-order valence-corrected chi connectivity index (χ2v) is 11.1. The number of anilines is 1.